The number of hydrogen-bond donors (Lipinski definition) is 1. The fraction of sp³-hybridized carbons (Fsp3) is 0.161. The summed E-state index contributed by atoms with van der Waals surface area (Å²) in [7, 11) is 3.30. The minimum atomic E-state index is -0.364. The fourth-order valence-electron chi connectivity index (χ4n) is 5.64. The van der Waals surface area contributed by atoms with Gasteiger partial charge in [0.2, 0.25) is 0 Å². The number of aromatic nitrogens is 2. The van der Waals surface area contributed by atoms with Crippen molar-refractivity contribution in [3.63, 3.8) is 0 Å². The van der Waals surface area contributed by atoms with Gasteiger partial charge >= 0.3 is 0 Å². The molecule has 1 N–H and O–H groups in total. The van der Waals surface area contributed by atoms with E-state index in [1.807, 2.05) is 42.6 Å². The van der Waals surface area contributed by atoms with E-state index in [0.717, 1.165) is 63.2 Å². The number of fused-ring (bicyclic) bond motifs is 4. The maximum atomic E-state index is 14.0. The fourth-order valence-corrected chi connectivity index (χ4v) is 6.63. The standard InChI is InChI=1S/C31H24FN3O3S/c1-37-21-8-11-23-18(13-21)5-10-24-28(23)34-31-35(29(24)17-3-6-20(32)7-4-17)30(36)27(39-31)14-19-16-33-26-12-9-22(38-2)15-25(19)26/h3-4,6-9,11-16,29,33H,5,10H2,1-2H3/b27-14-. The van der Waals surface area contributed by atoms with E-state index < -0.39 is 0 Å². The van der Waals surface area contributed by atoms with E-state index in [1.165, 1.54) is 29.0 Å². The van der Waals surface area contributed by atoms with Crippen molar-refractivity contribution in [2.24, 2.45) is 4.99 Å². The van der Waals surface area contributed by atoms with E-state index in [9.17, 15) is 9.18 Å². The average molecular weight is 538 g/mol. The van der Waals surface area contributed by atoms with Crippen molar-refractivity contribution in [3.8, 4) is 11.5 Å². The van der Waals surface area contributed by atoms with Crippen LogP contribution in [0.1, 0.15) is 34.7 Å². The molecule has 6 nitrogen and oxygen atoms in total. The largest absolute Gasteiger partial charge is 0.497 e. The number of allylic oxidation sites excluding steroid dienone is 1. The molecule has 39 heavy (non-hydrogen) atoms. The van der Waals surface area contributed by atoms with Gasteiger partial charge in [-0.3, -0.25) is 9.36 Å². The monoisotopic (exact) mass is 537 g/mol. The molecule has 1 unspecified atom stereocenters. The van der Waals surface area contributed by atoms with Crippen molar-refractivity contribution in [1.82, 2.24) is 9.55 Å². The Morgan fingerprint density at radius 1 is 1.03 bits per heavy atom. The number of nitrogens with zero attached hydrogens (tertiary/aromatic N) is 2. The number of nitrogens with one attached hydrogen (secondary N) is 1. The Labute approximate surface area is 227 Å². The molecule has 0 spiro atoms. The van der Waals surface area contributed by atoms with Gasteiger partial charge in [0.1, 0.15) is 17.3 Å². The number of aromatic amines is 1. The van der Waals surface area contributed by atoms with Crippen LogP contribution in [-0.4, -0.2) is 23.8 Å². The number of thiazole rings is 1. The first kappa shape index (κ1) is 23.7. The highest BCUT2D eigenvalue weighted by molar-refractivity contribution is 7.07. The molecule has 2 aliphatic rings. The number of ether oxygens (including phenoxy) is 2. The lowest BCUT2D eigenvalue weighted by atomic mass is 9.83. The summed E-state index contributed by atoms with van der Waals surface area (Å²) in [5.41, 5.74) is 6.77. The molecule has 0 amide bonds. The second-order valence-corrected chi connectivity index (χ2v) is 10.7. The Hall–Kier alpha value is -4.43. The molecule has 0 bridgehead atoms. The summed E-state index contributed by atoms with van der Waals surface area (Å²) in [4.78, 5) is 22.9. The molecule has 194 valence electrons. The van der Waals surface area contributed by atoms with Gasteiger partial charge in [0, 0.05) is 28.2 Å². The first-order chi connectivity index (χ1) is 19.0. The molecule has 3 aromatic carbocycles. The minimum absolute atomic E-state index is 0.114. The lowest BCUT2D eigenvalue weighted by Crippen LogP contribution is -2.38. The van der Waals surface area contributed by atoms with Crippen molar-refractivity contribution in [2.45, 2.75) is 18.9 Å². The normalized spacial score (nSPS) is 16.5. The van der Waals surface area contributed by atoms with Crippen LogP contribution in [0.4, 0.5) is 4.39 Å². The lowest BCUT2D eigenvalue weighted by Gasteiger charge is -2.31. The second kappa shape index (κ2) is 9.10. The smallest absolute Gasteiger partial charge is 0.271 e. The summed E-state index contributed by atoms with van der Waals surface area (Å²) in [5, 5.41) is 0.970. The average Bonchev–Trinajstić information content (AvgIpc) is 3.51. The number of benzene rings is 3. The molecule has 0 radical (unpaired) electrons. The van der Waals surface area contributed by atoms with Crippen LogP contribution in [0.25, 0.3) is 22.7 Å². The number of aryl methyl sites for hydroxylation is 1. The molecule has 0 saturated carbocycles. The predicted molar refractivity (Wildman–Crippen MR) is 151 cm³/mol. The third kappa shape index (κ3) is 3.82. The summed E-state index contributed by atoms with van der Waals surface area (Å²) in [5.74, 6) is 1.25. The van der Waals surface area contributed by atoms with E-state index in [-0.39, 0.29) is 17.4 Å². The molecule has 1 aliphatic heterocycles. The Morgan fingerprint density at radius 3 is 2.59 bits per heavy atom. The maximum Gasteiger partial charge on any atom is 0.271 e. The van der Waals surface area contributed by atoms with Crippen molar-refractivity contribution in [2.75, 3.05) is 14.2 Å². The number of halogens is 1. The molecule has 8 heteroatoms. The SMILES string of the molecule is COc1ccc2c(c1)CCC1=C2N=c2s/c(=C\c3c[nH]c4ccc(OC)cc34)c(=O)n2C1c1ccc(F)cc1. The summed E-state index contributed by atoms with van der Waals surface area (Å²) in [6.07, 6.45) is 5.35. The van der Waals surface area contributed by atoms with Gasteiger partial charge in [-0.25, -0.2) is 9.38 Å². The molecule has 7 rings (SSSR count). The van der Waals surface area contributed by atoms with Crippen LogP contribution in [0.2, 0.25) is 0 Å². The van der Waals surface area contributed by atoms with Crippen LogP contribution in [-0.2, 0) is 6.42 Å². The molecule has 1 aliphatic carbocycles. The summed E-state index contributed by atoms with van der Waals surface area (Å²) >= 11 is 1.37. The van der Waals surface area contributed by atoms with Gasteiger partial charge in [-0.15, -0.1) is 0 Å². The van der Waals surface area contributed by atoms with E-state index >= 15 is 0 Å². The van der Waals surface area contributed by atoms with Crippen molar-refractivity contribution < 1.29 is 13.9 Å². The summed E-state index contributed by atoms with van der Waals surface area (Å²) in [6, 6.07) is 17.9. The molecule has 0 fully saturated rings. The Bertz CT molecular complexity index is 1980. The minimum Gasteiger partial charge on any atom is -0.497 e. The molecule has 2 aromatic heterocycles. The second-order valence-electron chi connectivity index (χ2n) is 9.69. The first-order valence-corrected chi connectivity index (χ1v) is 13.5. The molecular formula is C31H24FN3O3S. The van der Waals surface area contributed by atoms with Gasteiger partial charge in [0.15, 0.2) is 4.80 Å². The van der Waals surface area contributed by atoms with Gasteiger partial charge < -0.3 is 14.5 Å². The van der Waals surface area contributed by atoms with Gasteiger partial charge in [0.05, 0.1) is 30.5 Å². The van der Waals surface area contributed by atoms with Crippen LogP contribution in [0.15, 0.2) is 82.2 Å². The van der Waals surface area contributed by atoms with Gasteiger partial charge in [-0.05, 0) is 84.1 Å². The van der Waals surface area contributed by atoms with Crippen molar-refractivity contribution in [1.29, 1.82) is 0 Å². The van der Waals surface area contributed by atoms with Crippen LogP contribution in [0.3, 0.4) is 0 Å². The topological polar surface area (TPSA) is 68.6 Å². The highest BCUT2D eigenvalue weighted by Gasteiger charge is 2.32. The lowest BCUT2D eigenvalue weighted by molar-refractivity contribution is 0.414. The number of hydrogen-bond acceptors (Lipinski definition) is 5. The molecule has 5 aromatic rings. The highest BCUT2D eigenvalue weighted by atomic mass is 32.1. The predicted octanol–water partition coefficient (Wildman–Crippen LogP) is 4.96. The van der Waals surface area contributed by atoms with Crippen LogP contribution < -0.4 is 24.4 Å². The highest BCUT2D eigenvalue weighted by Crippen LogP contribution is 2.42. The van der Waals surface area contributed by atoms with Crippen LogP contribution in [0, 0.1) is 5.82 Å². The Morgan fingerprint density at radius 2 is 1.79 bits per heavy atom. The summed E-state index contributed by atoms with van der Waals surface area (Å²) < 4.78 is 27.1. The third-order valence-corrected chi connectivity index (χ3v) is 8.54. The van der Waals surface area contributed by atoms with E-state index in [4.69, 9.17) is 14.5 Å². The number of H-pyrrole nitrogens is 1. The van der Waals surface area contributed by atoms with Crippen LogP contribution in [0.5, 0.6) is 11.5 Å². The van der Waals surface area contributed by atoms with Gasteiger partial charge in [-0.2, -0.15) is 0 Å². The number of rotatable bonds is 4. The third-order valence-electron chi connectivity index (χ3n) is 7.56. The van der Waals surface area contributed by atoms with Crippen molar-refractivity contribution >= 4 is 34.0 Å². The van der Waals surface area contributed by atoms with E-state index in [0.29, 0.717) is 9.33 Å². The van der Waals surface area contributed by atoms with Crippen LogP contribution >= 0.6 is 11.3 Å². The zero-order valence-electron chi connectivity index (χ0n) is 21.3. The van der Waals surface area contributed by atoms with E-state index in [2.05, 4.69) is 11.1 Å². The zero-order valence-corrected chi connectivity index (χ0v) is 22.1. The zero-order chi connectivity index (χ0) is 26.7. The Kier molecular flexibility index (Phi) is 5.52. The van der Waals surface area contributed by atoms with Gasteiger partial charge in [0.25, 0.3) is 5.56 Å². The Balaban J connectivity index is 1.46. The molecule has 3 heterocycles. The molecular weight excluding hydrogens is 513 g/mol. The number of methoxy groups -OCH3 is 2. The quantitative estimate of drug-likeness (QED) is 0.353. The molecule has 1 atom stereocenters. The summed E-state index contributed by atoms with van der Waals surface area (Å²) in [6.45, 7) is 0. The first-order valence-electron chi connectivity index (χ1n) is 12.7. The van der Waals surface area contributed by atoms with Crippen molar-refractivity contribution in [3.05, 3.63) is 120 Å². The maximum absolute atomic E-state index is 14.0. The van der Waals surface area contributed by atoms with E-state index in [1.54, 1.807) is 30.9 Å². The molecule has 0 saturated heterocycles. The van der Waals surface area contributed by atoms with Gasteiger partial charge in [-0.1, -0.05) is 23.5 Å².